The highest BCUT2D eigenvalue weighted by atomic mass is 32.2. The summed E-state index contributed by atoms with van der Waals surface area (Å²) in [4.78, 5) is 14.7. The van der Waals surface area contributed by atoms with Crippen molar-refractivity contribution in [3.8, 4) is 0 Å². The van der Waals surface area contributed by atoms with Crippen LogP contribution in [0.2, 0.25) is 0 Å². The van der Waals surface area contributed by atoms with Crippen LogP contribution in [0.4, 0.5) is 0 Å². The van der Waals surface area contributed by atoms with Gasteiger partial charge < -0.3 is 5.11 Å². The molecule has 1 unspecified atom stereocenters. The zero-order chi connectivity index (χ0) is 14.0. The largest absolute Gasteiger partial charge is 0.481 e. The van der Waals surface area contributed by atoms with E-state index in [0.717, 1.165) is 18.2 Å². The number of carbonyl (C=O) groups is 1. The summed E-state index contributed by atoms with van der Waals surface area (Å²) in [5.74, 6) is -0.605. The lowest BCUT2D eigenvalue weighted by Crippen LogP contribution is -2.22. The minimum atomic E-state index is -3.18. The van der Waals surface area contributed by atoms with Gasteiger partial charge in [0.25, 0.3) is 0 Å². The second-order valence-corrected chi connectivity index (χ2v) is 7.66. The third-order valence-corrected chi connectivity index (χ3v) is 6.11. The molecule has 1 aliphatic rings. The third kappa shape index (κ3) is 3.27. The molecular weight excluding hydrogens is 290 g/mol. The molecule has 1 atom stereocenters. The van der Waals surface area contributed by atoms with Crippen LogP contribution in [-0.4, -0.2) is 45.8 Å². The third-order valence-electron chi connectivity index (χ3n) is 2.93. The van der Waals surface area contributed by atoms with Crippen LogP contribution in [0, 0.1) is 0 Å². The van der Waals surface area contributed by atoms with E-state index in [2.05, 4.69) is 10.1 Å². The Morgan fingerprint density at radius 1 is 1.53 bits per heavy atom. The Labute approximate surface area is 115 Å². The molecule has 1 aromatic rings. The number of carboxylic acid groups (broad SMARTS) is 1. The van der Waals surface area contributed by atoms with Crippen molar-refractivity contribution in [2.45, 2.75) is 29.7 Å². The van der Waals surface area contributed by atoms with Crippen molar-refractivity contribution < 1.29 is 18.3 Å². The van der Waals surface area contributed by atoms with E-state index in [9.17, 15) is 13.2 Å². The Morgan fingerprint density at radius 2 is 2.26 bits per heavy atom. The van der Waals surface area contributed by atoms with Crippen LogP contribution in [0.5, 0.6) is 0 Å². The first-order valence-electron chi connectivity index (χ1n) is 5.87. The molecule has 0 spiro atoms. The van der Waals surface area contributed by atoms with Gasteiger partial charge in [-0.1, -0.05) is 18.2 Å². The molecule has 0 saturated carbocycles. The van der Waals surface area contributed by atoms with Gasteiger partial charge in [-0.05, 0) is 12.8 Å². The molecule has 9 heteroatoms. The molecule has 1 N–H and O–H groups in total. The molecule has 1 aliphatic heterocycles. The Balaban J connectivity index is 2.21. The molecule has 19 heavy (non-hydrogen) atoms. The fourth-order valence-corrected chi connectivity index (χ4v) is 4.50. The van der Waals surface area contributed by atoms with E-state index in [-0.39, 0.29) is 17.3 Å². The van der Waals surface area contributed by atoms with E-state index >= 15 is 0 Å². The minimum absolute atomic E-state index is 0.122. The summed E-state index contributed by atoms with van der Waals surface area (Å²) in [5, 5.41) is 12.5. The zero-order valence-electron chi connectivity index (χ0n) is 10.4. The number of hydrogen-bond acceptors (Lipinski definition) is 6. The molecule has 1 aromatic heterocycles. The monoisotopic (exact) mass is 305 g/mol. The molecule has 2 heterocycles. The first kappa shape index (κ1) is 14.3. The molecule has 106 valence electrons. The van der Waals surface area contributed by atoms with Crippen LogP contribution >= 0.6 is 11.8 Å². The molecule has 0 bridgehead atoms. The SMILES string of the molecule is Cn1nc(C2CCCCS2(=O)=O)nc1SCC(=O)O. The highest BCUT2D eigenvalue weighted by molar-refractivity contribution is 7.99. The summed E-state index contributed by atoms with van der Waals surface area (Å²) in [6.45, 7) is 0. The van der Waals surface area contributed by atoms with Crippen molar-refractivity contribution in [2.24, 2.45) is 7.05 Å². The first-order chi connectivity index (χ1) is 8.90. The van der Waals surface area contributed by atoms with E-state index < -0.39 is 21.1 Å². The topological polar surface area (TPSA) is 102 Å². The smallest absolute Gasteiger partial charge is 0.313 e. The fraction of sp³-hybridized carbons (Fsp3) is 0.700. The molecule has 0 aromatic carbocycles. The van der Waals surface area contributed by atoms with Gasteiger partial charge in [0, 0.05) is 7.05 Å². The van der Waals surface area contributed by atoms with Gasteiger partial charge in [0.1, 0.15) is 5.25 Å². The second-order valence-electron chi connectivity index (χ2n) is 4.41. The maximum atomic E-state index is 12.0. The molecule has 0 aliphatic carbocycles. The number of carboxylic acids is 1. The number of aliphatic carboxylic acids is 1. The standard InChI is InChI=1S/C10H15N3O4S2/c1-13-10(18-6-8(14)15)11-9(12-13)7-4-2-3-5-19(7,16)17/h7H,2-6H2,1H3,(H,14,15). The zero-order valence-corrected chi connectivity index (χ0v) is 12.1. The van der Waals surface area contributed by atoms with Crippen LogP contribution in [0.15, 0.2) is 5.16 Å². The Kier molecular flexibility index (Phi) is 4.14. The summed E-state index contributed by atoms with van der Waals surface area (Å²) in [5.41, 5.74) is 0. The minimum Gasteiger partial charge on any atom is -0.481 e. The van der Waals surface area contributed by atoms with Crippen molar-refractivity contribution in [3.63, 3.8) is 0 Å². The number of thioether (sulfide) groups is 1. The predicted molar refractivity (Wildman–Crippen MR) is 69.7 cm³/mol. The van der Waals surface area contributed by atoms with Gasteiger partial charge in [0.2, 0.25) is 0 Å². The van der Waals surface area contributed by atoms with Gasteiger partial charge in [0.05, 0.1) is 11.5 Å². The first-order valence-corrected chi connectivity index (χ1v) is 8.57. The van der Waals surface area contributed by atoms with Crippen molar-refractivity contribution in [3.05, 3.63) is 5.82 Å². The van der Waals surface area contributed by atoms with E-state index in [1.807, 2.05) is 0 Å². The van der Waals surface area contributed by atoms with Crippen LogP contribution in [-0.2, 0) is 21.7 Å². The van der Waals surface area contributed by atoms with Gasteiger partial charge in [-0.2, -0.15) is 5.10 Å². The summed E-state index contributed by atoms with van der Waals surface area (Å²) in [6, 6.07) is 0. The van der Waals surface area contributed by atoms with E-state index in [0.29, 0.717) is 18.0 Å². The average molecular weight is 305 g/mol. The number of aromatic nitrogens is 3. The van der Waals surface area contributed by atoms with Crippen LogP contribution in [0.3, 0.4) is 0 Å². The summed E-state index contributed by atoms with van der Waals surface area (Å²) in [7, 11) is -1.54. The van der Waals surface area contributed by atoms with Gasteiger partial charge in [-0.3, -0.25) is 4.79 Å². The second kappa shape index (κ2) is 5.49. The van der Waals surface area contributed by atoms with E-state index in [1.165, 1.54) is 4.68 Å². The quantitative estimate of drug-likeness (QED) is 0.814. The Morgan fingerprint density at radius 3 is 2.89 bits per heavy atom. The van der Waals surface area contributed by atoms with Crippen molar-refractivity contribution >= 4 is 27.6 Å². The maximum Gasteiger partial charge on any atom is 0.313 e. The van der Waals surface area contributed by atoms with E-state index in [1.54, 1.807) is 7.05 Å². The lowest BCUT2D eigenvalue weighted by atomic mass is 10.2. The van der Waals surface area contributed by atoms with Crippen LogP contribution in [0.25, 0.3) is 0 Å². The molecular formula is C10H15N3O4S2. The normalized spacial score (nSPS) is 22.3. The summed E-state index contributed by atoms with van der Waals surface area (Å²) >= 11 is 1.04. The number of nitrogens with zero attached hydrogens (tertiary/aromatic N) is 3. The van der Waals surface area contributed by atoms with E-state index in [4.69, 9.17) is 5.11 Å². The molecule has 1 fully saturated rings. The van der Waals surface area contributed by atoms with Gasteiger partial charge in [-0.15, -0.1) is 0 Å². The highest BCUT2D eigenvalue weighted by Gasteiger charge is 2.33. The highest BCUT2D eigenvalue weighted by Crippen LogP contribution is 2.32. The molecule has 7 nitrogen and oxygen atoms in total. The van der Waals surface area contributed by atoms with Crippen LogP contribution in [0.1, 0.15) is 30.3 Å². The maximum absolute atomic E-state index is 12.0. The summed E-state index contributed by atoms with van der Waals surface area (Å²) < 4.78 is 25.4. The number of rotatable bonds is 4. The van der Waals surface area contributed by atoms with Gasteiger partial charge in [-0.25, -0.2) is 18.1 Å². The fourth-order valence-electron chi connectivity index (χ4n) is 2.02. The lowest BCUT2D eigenvalue weighted by molar-refractivity contribution is -0.133. The Bertz CT molecular complexity index is 582. The van der Waals surface area contributed by atoms with Gasteiger partial charge >= 0.3 is 5.97 Å². The van der Waals surface area contributed by atoms with Gasteiger partial charge in [0.15, 0.2) is 20.8 Å². The van der Waals surface area contributed by atoms with Crippen molar-refractivity contribution in [1.82, 2.24) is 14.8 Å². The lowest BCUT2D eigenvalue weighted by Gasteiger charge is -2.19. The van der Waals surface area contributed by atoms with Crippen LogP contribution < -0.4 is 0 Å². The molecule has 2 rings (SSSR count). The molecule has 1 saturated heterocycles. The Hall–Kier alpha value is -1.09. The van der Waals surface area contributed by atoms with Crippen molar-refractivity contribution in [2.75, 3.05) is 11.5 Å². The number of hydrogen-bond donors (Lipinski definition) is 1. The summed E-state index contributed by atoms with van der Waals surface area (Å²) in [6.07, 6.45) is 2.07. The molecule has 0 radical (unpaired) electrons. The molecule has 0 amide bonds. The average Bonchev–Trinajstić information content (AvgIpc) is 2.67. The predicted octanol–water partition coefficient (Wildman–Crippen LogP) is 0.632. The number of aryl methyl sites for hydroxylation is 1. The van der Waals surface area contributed by atoms with Crippen molar-refractivity contribution in [1.29, 1.82) is 0 Å². The number of sulfone groups is 1.